The second-order valence-electron chi connectivity index (χ2n) is 4.78. The van der Waals surface area contributed by atoms with Gasteiger partial charge in [-0.25, -0.2) is 4.68 Å². The van der Waals surface area contributed by atoms with Crippen LogP contribution < -0.4 is 11.1 Å². The highest BCUT2D eigenvalue weighted by Gasteiger charge is 2.30. The number of rotatable bonds is 4. The highest BCUT2D eigenvalue weighted by atomic mass is 16.2. The van der Waals surface area contributed by atoms with Gasteiger partial charge in [-0.2, -0.15) is 0 Å². The molecule has 1 atom stereocenters. The van der Waals surface area contributed by atoms with Crippen LogP contribution in [0.3, 0.4) is 0 Å². The van der Waals surface area contributed by atoms with Gasteiger partial charge in [-0.1, -0.05) is 20.8 Å². The maximum Gasteiger partial charge on any atom is 0.242 e. The number of carbonyl (C=O) groups is 2. The number of primary amides is 1. The molecule has 94 valence electrons. The van der Waals surface area contributed by atoms with Crippen molar-refractivity contribution in [1.82, 2.24) is 25.5 Å². The van der Waals surface area contributed by atoms with Gasteiger partial charge in [-0.05, 0) is 15.8 Å². The molecule has 0 aliphatic carbocycles. The number of nitrogens with one attached hydrogen (secondary N) is 1. The van der Waals surface area contributed by atoms with Gasteiger partial charge in [0.2, 0.25) is 11.8 Å². The Morgan fingerprint density at radius 2 is 2.12 bits per heavy atom. The lowest BCUT2D eigenvalue weighted by Gasteiger charge is -2.28. The molecule has 0 aliphatic heterocycles. The van der Waals surface area contributed by atoms with E-state index in [4.69, 9.17) is 5.73 Å². The molecule has 0 radical (unpaired) electrons. The van der Waals surface area contributed by atoms with Crippen molar-refractivity contribution in [2.24, 2.45) is 11.1 Å². The summed E-state index contributed by atoms with van der Waals surface area (Å²) < 4.78 is 1.26. The zero-order valence-electron chi connectivity index (χ0n) is 10.0. The Bertz CT molecular complexity index is 394. The molecule has 1 rings (SSSR count). The molecule has 3 N–H and O–H groups in total. The molecule has 0 fully saturated rings. The summed E-state index contributed by atoms with van der Waals surface area (Å²) in [6.07, 6.45) is 1.32. The predicted molar refractivity (Wildman–Crippen MR) is 58.4 cm³/mol. The molecule has 8 nitrogen and oxygen atoms in total. The predicted octanol–water partition coefficient (Wildman–Crippen LogP) is -1.31. The number of hydrogen-bond donors (Lipinski definition) is 2. The topological polar surface area (TPSA) is 116 Å². The molecule has 0 bridgehead atoms. The quantitative estimate of drug-likeness (QED) is 0.677. The summed E-state index contributed by atoms with van der Waals surface area (Å²) in [7, 11) is 0. The van der Waals surface area contributed by atoms with Gasteiger partial charge in [0.15, 0.2) is 0 Å². The number of aromatic nitrogens is 4. The van der Waals surface area contributed by atoms with Crippen LogP contribution in [0.1, 0.15) is 20.8 Å². The van der Waals surface area contributed by atoms with Crippen molar-refractivity contribution >= 4 is 11.8 Å². The zero-order valence-corrected chi connectivity index (χ0v) is 10.0. The minimum Gasteiger partial charge on any atom is -0.368 e. The molecule has 1 heterocycles. The molecule has 0 saturated heterocycles. The summed E-state index contributed by atoms with van der Waals surface area (Å²) in [5.74, 6) is -0.932. The second kappa shape index (κ2) is 4.89. The minimum absolute atomic E-state index is 0.0488. The lowest BCUT2D eigenvalue weighted by molar-refractivity contribution is -0.130. The lowest BCUT2D eigenvalue weighted by atomic mass is 9.86. The van der Waals surface area contributed by atoms with E-state index in [1.807, 2.05) is 20.8 Å². The minimum atomic E-state index is -0.730. The summed E-state index contributed by atoms with van der Waals surface area (Å²) in [5.41, 5.74) is 4.80. The van der Waals surface area contributed by atoms with Gasteiger partial charge in [-0.3, -0.25) is 9.59 Å². The third kappa shape index (κ3) is 3.82. The van der Waals surface area contributed by atoms with Gasteiger partial charge >= 0.3 is 0 Å². The summed E-state index contributed by atoms with van der Waals surface area (Å²) in [6, 6.07) is -0.730. The summed E-state index contributed by atoms with van der Waals surface area (Å²) in [5, 5.41) is 12.9. The van der Waals surface area contributed by atoms with E-state index in [2.05, 4.69) is 20.8 Å². The lowest BCUT2D eigenvalue weighted by Crippen LogP contribution is -2.52. The Hall–Kier alpha value is -1.99. The number of amides is 2. The summed E-state index contributed by atoms with van der Waals surface area (Å²) in [6.45, 7) is 5.41. The van der Waals surface area contributed by atoms with Gasteiger partial charge in [0.25, 0.3) is 0 Å². The molecule has 0 aromatic carbocycles. The average molecular weight is 240 g/mol. The van der Waals surface area contributed by atoms with Crippen molar-refractivity contribution in [3.63, 3.8) is 0 Å². The van der Waals surface area contributed by atoms with E-state index in [-0.39, 0.29) is 12.5 Å². The van der Waals surface area contributed by atoms with Crippen LogP contribution in [0.25, 0.3) is 0 Å². The van der Waals surface area contributed by atoms with Crippen molar-refractivity contribution in [1.29, 1.82) is 0 Å². The van der Waals surface area contributed by atoms with Crippen LogP contribution in [0.5, 0.6) is 0 Å². The van der Waals surface area contributed by atoms with Gasteiger partial charge in [0, 0.05) is 0 Å². The van der Waals surface area contributed by atoms with Crippen molar-refractivity contribution in [2.75, 3.05) is 0 Å². The number of nitrogens with zero attached hydrogens (tertiary/aromatic N) is 4. The molecule has 0 saturated carbocycles. The average Bonchev–Trinajstić information content (AvgIpc) is 2.64. The Kier molecular flexibility index (Phi) is 3.77. The van der Waals surface area contributed by atoms with E-state index >= 15 is 0 Å². The molecule has 2 amide bonds. The summed E-state index contributed by atoms with van der Waals surface area (Å²) in [4.78, 5) is 22.9. The van der Waals surface area contributed by atoms with Crippen LogP contribution in [-0.2, 0) is 16.1 Å². The first-order valence-corrected chi connectivity index (χ1v) is 5.10. The van der Waals surface area contributed by atoms with Crippen LogP contribution >= 0.6 is 0 Å². The molecule has 1 aromatic rings. The maximum atomic E-state index is 11.6. The van der Waals surface area contributed by atoms with Gasteiger partial charge in [-0.15, -0.1) is 5.10 Å². The van der Waals surface area contributed by atoms with E-state index in [1.54, 1.807) is 0 Å². The number of carbonyl (C=O) groups excluding carboxylic acids is 2. The van der Waals surface area contributed by atoms with Gasteiger partial charge in [0.1, 0.15) is 18.9 Å². The second-order valence-corrected chi connectivity index (χ2v) is 4.78. The fourth-order valence-electron chi connectivity index (χ4n) is 1.32. The van der Waals surface area contributed by atoms with E-state index in [1.165, 1.54) is 11.0 Å². The fourth-order valence-corrected chi connectivity index (χ4v) is 1.32. The molecule has 17 heavy (non-hydrogen) atoms. The number of tetrazole rings is 1. The van der Waals surface area contributed by atoms with Crippen LogP contribution in [0.15, 0.2) is 6.33 Å². The van der Waals surface area contributed by atoms with Crippen molar-refractivity contribution < 1.29 is 9.59 Å². The molecule has 0 spiro atoms. The number of nitrogens with two attached hydrogens (primary N) is 1. The van der Waals surface area contributed by atoms with E-state index in [0.717, 1.165) is 0 Å². The van der Waals surface area contributed by atoms with Crippen LogP contribution in [0, 0.1) is 5.41 Å². The maximum absolute atomic E-state index is 11.6. The highest BCUT2D eigenvalue weighted by molar-refractivity contribution is 5.87. The zero-order chi connectivity index (χ0) is 13.1. The van der Waals surface area contributed by atoms with E-state index in [0.29, 0.717) is 0 Å². The normalized spacial score (nSPS) is 13.1. The Labute approximate surface area is 98.5 Å². The summed E-state index contributed by atoms with van der Waals surface area (Å²) >= 11 is 0. The third-order valence-corrected chi connectivity index (χ3v) is 2.15. The van der Waals surface area contributed by atoms with Crippen molar-refractivity contribution in [3.05, 3.63) is 6.33 Å². The SMILES string of the molecule is CC(C)(C)[C@H](NC(=O)Cn1cnnn1)C(N)=O. The molecule has 0 aliphatic rings. The smallest absolute Gasteiger partial charge is 0.242 e. The van der Waals surface area contributed by atoms with Gasteiger partial charge in [0.05, 0.1) is 0 Å². The third-order valence-electron chi connectivity index (χ3n) is 2.15. The first kappa shape index (κ1) is 13.1. The Morgan fingerprint density at radius 3 is 2.53 bits per heavy atom. The van der Waals surface area contributed by atoms with Crippen LogP contribution in [0.4, 0.5) is 0 Å². The molecular formula is C9H16N6O2. The largest absolute Gasteiger partial charge is 0.368 e. The van der Waals surface area contributed by atoms with Gasteiger partial charge < -0.3 is 11.1 Å². The highest BCUT2D eigenvalue weighted by Crippen LogP contribution is 2.18. The monoisotopic (exact) mass is 240 g/mol. The molecule has 0 unspecified atom stereocenters. The molecule has 1 aromatic heterocycles. The van der Waals surface area contributed by atoms with Crippen molar-refractivity contribution in [2.45, 2.75) is 33.4 Å². The fraction of sp³-hybridized carbons (Fsp3) is 0.667. The van der Waals surface area contributed by atoms with E-state index in [9.17, 15) is 9.59 Å². The van der Waals surface area contributed by atoms with Crippen LogP contribution in [0.2, 0.25) is 0 Å². The molecular weight excluding hydrogens is 224 g/mol. The Balaban J connectivity index is 2.62. The Morgan fingerprint density at radius 1 is 1.47 bits per heavy atom. The molecule has 8 heteroatoms. The number of hydrogen-bond acceptors (Lipinski definition) is 5. The van der Waals surface area contributed by atoms with Crippen molar-refractivity contribution in [3.8, 4) is 0 Å². The van der Waals surface area contributed by atoms with E-state index < -0.39 is 17.4 Å². The standard InChI is InChI=1S/C9H16N6O2/c1-9(2,3)7(8(10)17)12-6(16)4-15-5-11-13-14-15/h5,7H,4H2,1-3H3,(H2,10,17)(H,12,16)/t7-/m1/s1. The first-order chi connectivity index (χ1) is 7.80. The first-order valence-electron chi connectivity index (χ1n) is 5.10. The van der Waals surface area contributed by atoms with Crippen LogP contribution in [-0.4, -0.2) is 38.1 Å².